The summed E-state index contributed by atoms with van der Waals surface area (Å²) in [4.78, 5) is 12.8. The van der Waals surface area contributed by atoms with Crippen LogP contribution in [0.3, 0.4) is 0 Å². The van der Waals surface area contributed by atoms with Gasteiger partial charge in [0.05, 0.1) is 7.11 Å². The highest BCUT2D eigenvalue weighted by Crippen LogP contribution is 2.16. The van der Waals surface area contributed by atoms with Gasteiger partial charge < -0.3 is 4.74 Å². The predicted molar refractivity (Wildman–Crippen MR) is 65.8 cm³/mol. The predicted octanol–water partition coefficient (Wildman–Crippen LogP) is 2.50. The van der Waals surface area contributed by atoms with Crippen molar-refractivity contribution in [3.63, 3.8) is 0 Å². The Balaban J connectivity index is 2.20. The molecule has 0 spiro atoms. The summed E-state index contributed by atoms with van der Waals surface area (Å²) in [5.74, 6) is 1.29. The summed E-state index contributed by atoms with van der Waals surface area (Å²) in [5, 5.41) is 0. The summed E-state index contributed by atoms with van der Waals surface area (Å²) >= 11 is 0. The lowest BCUT2D eigenvalue weighted by molar-refractivity contribution is 0.398. The highest BCUT2D eigenvalue weighted by molar-refractivity contribution is 5.53. The zero-order chi connectivity index (χ0) is 12.1. The molecular formula is C13H15N3O. The molecular weight excluding hydrogens is 214 g/mol. The first kappa shape index (κ1) is 11.5. The Morgan fingerprint density at radius 1 is 1.06 bits per heavy atom. The van der Waals surface area contributed by atoms with Crippen LogP contribution in [0, 0.1) is 0 Å². The second-order valence-corrected chi connectivity index (χ2v) is 3.75. The van der Waals surface area contributed by atoms with Gasteiger partial charge >= 0.3 is 0 Å². The van der Waals surface area contributed by atoms with Crippen LogP contribution in [0.25, 0.3) is 11.4 Å². The molecule has 0 fully saturated rings. The molecule has 2 rings (SSSR count). The van der Waals surface area contributed by atoms with Gasteiger partial charge in [-0.05, 0) is 18.1 Å². The van der Waals surface area contributed by atoms with E-state index in [1.807, 2.05) is 18.5 Å². The first-order valence-corrected chi connectivity index (χ1v) is 5.65. The summed E-state index contributed by atoms with van der Waals surface area (Å²) in [5.41, 5.74) is 2.06. The molecule has 2 aromatic rings. The van der Waals surface area contributed by atoms with E-state index in [4.69, 9.17) is 4.74 Å². The molecule has 0 aliphatic heterocycles. The van der Waals surface area contributed by atoms with Crippen LogP contribution in [0.4, 0.5) is 0 Å². The normalized spacial score (nSPS) is 10.2. The number of hydrogen-bond donors (Lipinski definition) is 0. The molecule has 0 bridgehead atoms. The smallest absolute Gasteiger partial charge is 0.212 e. The van der Waals surface area contributed by atoms with E-state index in [-0.39, 0.29) is 0 Å². The molecule has 2 heterocycles. The van der Waals surface area contributed by atoms with Crippen LogP contribution in [0.1, 0.15) is 18.9 Å². The molecule has 2 aromatic heterocycles. The Morgan fingerprint density at radius 2 is 1.82 bits per heavy atom. The third-order valence-corrected chi connectivity index (χ3v) is 2.45. The summed E-state index contributed by atoms with van der Waals surface area (Å²) in [7, 11) is 1.60. The van der Waals surface area contributed by atoms with Gasteiger partial charge in [0, 0.05) is 30.2 Å². The number of ether oxygens (including phenoxy) is 1. The molecule has 4 nitrogen and oxygen atoms in total. The van der Waals surface area contributed by atoms with Gasteiger partial charge in [-0.15, -0.1) is 0 Å². The van der Waals surface area contributed by atoms with Gasteiger partial charge in [-0.2, -0.15) is 0 Å². The number of methoxy groups -OCH3 is 1. The maximum absolute atomic E-state index is 5.00. The minimum atomic E-state index is 0.594. The van der Waals surface area contributed by atoms with Crippen molar-refractivity contribution in [1.82, 2.24) is 15.0 Å². The topological polar surface area (TPSA) is 47.9 Å². The number of hydrogen-bond acceptors (Lipinski definition) is 4. The molecule has 0 saturated heterocycles. The molecule has 0 radical (unpaired) electrons. The van der Waals surface area contributed by atoms with Crippen LogP contribution in [-0.4, -0.2) is 22.1 Å². The number of aromatic nitrogens is 3. The van der Waals surface area contributed by atoms with Gasteiger partial charge in [-0.25, -0.2) is 15.0 Å². The Bertz CT molecular complexity index is 465. The van der Waals surface area contributed by atoms with Gasteiger partial charge in [0.25, 0.3) is 0 Å². The van der Waals surface area contributed by atoms with Crippen molar-refractivity contribution < 1.29 is 4.74 Å². The molecule has 17 heavy (non-hydrogen) atoms. The Hall–Kier alpha value is -1.97. The van der Waals surface area contributed by atoms with Crippen molar-refractivity contribution in [2.24, 2.45) is 0 Å². The minimum Gasteiger partial charge on any atom is -0.481 e. The molecule has 4 heteroatoms. The van der Waals surface area contributed by atoms with Crippen LogP contribution >= 0.6 is 0 Å². The minimum absolute atomic E-state index is 0.594. The molecule has 0 saturated carbocycles. The van der Waals surface area contributed by atoms with E-state index in [1.165, 1.54) is 0 Å². The fourth-order valence-electron chi connectivity index (χ4n) is 1.55. The first-order chi connectivity index (χ1) is 8.33. The number of pyridine rings is 1. The van der Waals surface area contributed by atoms with Crippen molar-refractivity contribution in [3.05, 3.63) is 36.3 Å². The summed E-state index contributed by atoms with van der Waals surface area (Å²) in [6.45, 7) is 2.14. The lowest BCUT2D eigenvalue weighted by atomic mass is 10.2. The maximum Gasteiger partial charge on any atom is 0.212 e. The fourth-order valence-corrected chi connectivity index (χ4v) is 1.55. The number of rotatable bonds is 4. The van der Waals surface area contributed by atoms with Crippen LogP contribution in [0.2, 0.25) is 0 Å². The molecule has 0 N–H and O–H groups in total. The molecule has 0 aromatic carbocycles. The summed E-state index contributed by atoms with van der Waals surface area (Å²) in [6, 6.07) is 3.71. The third kappa shape index (κ3) is 2.78. The van der Waals surface area contributed by atoms with E-state index in [0.717, 1.165) is 24.0 Å². The standard InChI is InChI=1S/C13H15N3O/c1-3-4-10-7-15-13(16-8-10)11-5-6-12(17-2)14-9-11/h5-9H,3-4H2,1-2H3. The first-order valence-electron chi connectivity index (χ1n) is 5.65. The van der Waals surface area contributed by atoms with Gasteiger partial charge in [-0.3, -0.25) is 0 Å². The lowest BCUT2D eigenvalue weighted by Gasteiger charge is -2.02. The van der Waals surface area contributed by atoms with Gasteiger partial charge in [0.2, 0.25) is 5.88 Å². The molecule has 88 valence electrons. The fraction of sp³-hybridized carbons (Fsp3) is 0.308. The third-order valence-electron chi connectivity index (χ3n) is 2.45. The second kappa shape index (κ2) is 5.39. The Morgan fingerprint density at radius 3 is 2.35 bits per heavy atom. The molecule has 0 atom stereocenters. The average Bonchev–Trinajstić information content (AvgIpc) is 2.40. The molecule has 0 aliphatic rings. The second-order valence-electron chi connectivity index (χ2n) is 3.75. The highest BCUT2D eigenvalue weighted by atomic mass is 16.5. The van der Waals surface area contributed by atoms with Gasteiger partial charge in [0.1, 0.15) is 0 Å². The monoisotopic (exact) mass is 229 g/mol. The van der Waals surface area contributed by atoms with Crippen molar-refractivity contribution >= 4 is 0 Å². The quantitative estimate of drug-likeness (QED) is 0.808. The Labute approximate surface area is 101 Å². The SMILES string of the molecule is CCCc1cnc(-c2ccc(OC)nc2)nc1. The number of nitrogens with zero attached hydrogens (tertiary/aromatic N) is 3. The van der Waals surface area contributed by atoms with Crippen LogP contribution in [-0.2, 0) is 6.42 Å². The van der Waals surface area contributed by atoms with Gasteiger partial charge in [-0.1, -0.05) is 13.3 Å². The van der Waals surface area contributed by atoms with E-state index in [2.05, 4.69) is 21.9 Å². The highest BCUT2D eigenvalue weighted by Gasteiger charge is 2.02. The largest absolute Gasteiger partial charge is 0.481 e. The molecule has 0 aliphatic carbocycles. The average molecular weight is 229 g/mol. The molecule has 0 amide bonds. The summed E-state index contributed by atoms with van der Waals surface area (Å²) < 4.78 is 5.00. The maximum atomic E-state index is 5.00. The van der Waals surface area contributed by atoms with Crippen molar-refractivity contribution in [2.75, 3.05) is 7.11 Å². The van der Waals surface area contributed by atoms with E-state index in [0.29, 0.717) is 11.7 Å². The zero-order valence-electron chi connectivity index (χ0n) is 10.1. The van der Waals surface area contributed by atoms with E-state index < -0.39 is 0 Å². The van der Waals surface area contributed by atoms with E-state index in [9.17, 15) is 0 Å². The van der Waals surface area contributed by atoms with Gasteiger partial charge in [0.15, 0.2) is 5.82 Å². The Kier molecular flexibility index (Phi) is 3.65. The van der Waals surface area contributed by atoms with E-state index in [1.54, 1.807) is 19.4 Å². The number of aryl methyl sites for hydroxylation is 1. The summed E-state index contributed by atoms with van der Waals surface area (Å²) in [6.07, 6.45) is 7.58. The van der Waals surface area contributed by atoms with E-state index >= 15 is 0 Å². The molecule has 0 unspecified atom stereocenters. The van der Waals surface area contributed by atoms with Crippen molar-refractivity contribution in [1.29, 1.82) is 0 Å². The zero-order valence-corrected chi connectivity index (χ0v) is 10.1. The van der Waals surface area contributed by atoms with Crippen LogP contribution in [0.15, 0.2) is 30.7 Å². The van der Waals surface area contributed by atoms with Crippen LogP contribution < -0.4 is 4.74 Å². The van der Waals surface area contributed by atoms with Crippen molar-refractivity contribution in [3.8, 4) is 17.3 Å². The van der Waals surface area contributed by atoms with Crippen LogP contribution in [0.5, 0.6) is 5.88 Å². The van der Waals surface area contributed by atoms with Crippen molar-refractivity contribution in [2.45, 2.75) is 19.8 Å². The lowest BCUT2D eigenvalue weighted by Crippen LogP contribution is -1.93.